The van der Waals surface area contributed by atoms with E-state index in [0.29, 0.717) is 6.54 Å². The van der Waals surface area contributed by atoms with Gasteiger partial charge in [0, 0.05) is 13.0 Å². The number of aliphatic hydroxyl groups excluding tert-OH is 1. The van der Waals surface area contributed by atoms with Crippen molar-refractivity contribution in [1.29, 1.82) is 0 Å². The van der Waals surface area contributed by atoms with Gasteiger partial charge < -0.3 is 19.5 Å². The molecule has 2 fully saturated rings. The summed E-state index contributed by atoms with van der Waals surface area (Å²) in [5, 5.41) is 9.66. The van der Waals surface area contributed by atoms with Gasteiger partial charge in [-0.1, -0.05) is 12.1 Å². The van der Waals surface area contributed by atoms with E-state index < -0.39 is 0 Å². The van der Waals surface area contributed by atoms with Crippen LogP contribution in [-0.4, -0.2) is 41.5 Å². The van der Waals surface area contributed by atoms with Crippen LogP contribution >= 0.6 is 0 Å². The SMILES string of the molecule is COc1cccc([C@H](C)N2CCC3(CCC(O)CC3)OC2=O)c1. The maximum Gasteiger partial charge on any atom is 0.410 e. The van der Waals surface area contributed by atoms with Crippen LogP contribution in [0.25, 0.3) is 0 Å². The number of carbonyl (C=O) groups excluding carboxylic acids is 1. The normalized spacial score (nSPS) is 29.3. The lowest BCUT2D eigenvalue weighted by molar-refractivity contribution is -0.0908. The highest BCUT2D eigenvalue weighted by Crippen LogP contribution is 2.39. The molecule has 1 heterocycles. The van der Waals surface area contributed by atoms with Crippen molar-refractivity contribution in [3.63, 3.8) is 0 Å². The van der Waals surface area contributed by atoms with Crippen LogP contribution in [0.15, 0.2) is 24.3 Å². The standard InChI is InChI=1S/C18H25NO4/c1-13(14-4-3-5-16(12-14)22-2)19-11-10-18(23-17(19)21)8-6-15(20)7-9-18/h3-5,12-13,15,20H,6-11H2,1-2H3/t13-,15?,18?/m0/s1. The van der Waals surface area contributed by atoms with Crippen LogP contribution in [0.1, 0.15) is 50.6 Å². The largest absolute Gasteiger partial charge is 0.497 e. The Morgan fingerprint density at radius 2 is 2.09 bits per heavy atom. The molecule has 1 amide bonds. The Balaban J connectivity index is 1.69. The van der Waals surface area contributed by atoms with E-state index >= 15 is 0 Å². The minimum atomic E-state index is -0.360. The van der Waals surface area contributed by atoms with E-state index in [9.17, 15) is 9.90 Å². The molecule has 0 radical (unpaired) electrons. The molecule has 1 spiro atoms. The lowest BCUT2D eigenvalue weighted by atomic mass is 9.80. The second-order valence-electron chi connectivity index (χ2n) is 6.68. The predicted molar refractivity (Wildman–Crippen MR) is 86.4 cm³/mol. The Hall–Kier alpha value is -1.75. The van der Waals surface area contributed by atoms with Crippen LogP contribution in [-0.2, 0) is 4.74 Å². The number of hydrogen-bond acceptors (Lipinski definition) is 4. The maximum atomic E-state index is 12.5. The maximum absolute atomic E-state index is 12.5. The van der Waals surface area contributed by atoms with Gasteiger partial charge in [-0.3, -0.25) is 0 Å². The second-order valence-corrected chi connectivity index (χ2v) is 6.68. The zero-order chi connectivity index (χ0) is 16.4. The highest BCUT2D eigenvalue weighted by molar-refractivity contribution is 5.70. The molecule has 1 aromatic rings. The number of benzene rings is 1. The number of nitrogens with zero attached hydrogens (tertiary/aromatic N) is 1. The van der Waals surface area contributed by atoms with Gasteiger partial charge in [-0.25, -0.2) is 4.79 Å². The molecule has 1 aliphatic heterocycles. The molecule has 1 saturated carbocycles. The van der Waals surface area contributed by atoms with Crippen molar-refractivity contribution in [2.75, 3.05) is 13.7 Å². The summed E-state index contributed by atoms with van der Waals surface area (Å²) in [5.74, 6) is 0.789. The van der Waals surface area contributed by atoms with Gasteiger partial charge in [-0.15, -0.1) is 0 Å². The molecule has 1 aromatic carbocycles. The highest BCUT2D eigenvalue weighted by Gasteiger charge is 2.44. The van der Waals surface area contributed by atoms with Crippen molar-refractivity contribution < 1.29 is 19.4 Å². The van der Waals surface area contributed by atoms with Gasteiger partial charge in [0.2, 0.25) is 0 Å². The molecule has 5 nitrogen and oxygen atoms in total. The van der Waals surface area contributed by atoms with E-state index in [1.165, 1.54) is 0 Å². The zero-order valence-electron chi connectivity index (χ0n) is 13.8. The van der Waals surface area contributed by atoms with Gasteiger partial charge in [0.05, 0.1) is 19.3 Å². The lowest BCUT2D eigenvalue weighted by Gasteiger charge is -2.45. The van der Waals surface area contributed by atoms with Gasteiger partial charge in [-0.05, 0) is 50.3 Å². The third kappa shape index (κ3) is 3.29. The van der Waals surface area contributed by atoms with Crippen LogP contribution < -0.4 is 4.74 Å². The fourth-order valence-corrected chi connectivity index (χ4v) is 3.62. The van der Waals surface area contributed by atoms with Gasteiger partial charge in [-0.2, -0.15) is 0 Å². The summed E-state index contributed by atoms with van der Waals surface area (Å²) in [7, 11) is 1.64. The molecule has 0 aromatic heterocycles. The Morgan fingerprint density at radius 1 is 1.35 bits per heavy atom. The van der Waals surface area contributed by atoms with Crippen molar-refractivity contribution in [3.8, 4) is 5.75 Å². The van der Waals surface area contributed by atoms with Crippen LogP contribution in [0.3, 0.4) is 0 Å². The first-order valence-corrected chi connectivity index (χ1v) is 8.35. The molecule has 1 atom stereocenters. The van der Waals surface area contributed by atoms with Crippen LogP contribution in [0.4, 0.5) is 4.79 Å². The van der Waals surface area contributed by atoms with Crippen molar-refractivity contribution in [3.05, 3.63) is 29.8 Å². The summed E-state index contributed by atoms with van der Waals surface area (Å²) in [6.45, 7) is 2.70. The number of rotatable bonds is 3. The van der Waals surface area contributed by atoms with Crippen molar-refractivity contribution in [2.45, 2.75) is 56.8 Å². The quantitative estimate of drug-likeness (QED) is 0.929. The van der Waals surface area contributed by atoms with E-state index in [1.54, 1.807) is 12.0 Å². The Morgan fingerprint density at radius 3 is 2.74 bits per heavy atom. The van der Waals surface area contributed by atoms with Gasteiger partial charge in [0.25, 0.3) is 0 Å². The monoisotopic (exact) mass is 319 g/mol. The highest BCUT2D eigenvalue weighted by atomic mass is 16.6. The first kappa shape index (κ1) is 16.1. The van der Waals surface area contributed by atoms with E-state index in [1.807, 2.05) is 31.2 Å². The molecule has 1 saturated heterocycles. The predicted octanol–water partition coefficient (Wildman–Crippen LogP) is 3.27. The third-order valence-electron chi connectivity index (χ3n) is 5.26. The number of hydrogen-bond donors (Lipinski definition) is 1. The number of amides is 1. The fourth-order valence-electron chi connectivity index (χ4n) is 3.62. The Bertz CT molecular complexity index is 566. The number of carbonyl (C=O) groups is 1. The van der Waals surface area contributed by atoms with Crippen LogP contribution in [0, 0.1) is 0 Å². The number of aliphatic hydroxyl groups is 1. The molecule has 1 aliphatic carbocycles. The minimum absolute atomic E-state index is 0.0517. The van der Waals surface area contributed by atoms with Crippen molar-refractivity contribution >= 4 is 6.09 Å². The van der Waals surface area contributed by atoms with Crippen molar-refractivity contribution in [2.24, 2.45) is 0 Å². The van der Waals surface area contributed by atoms with E-state index in [-0.39, 0.29) is 23.8 Å². The average molecular weight is 319 g/mol. The lowest BCUT2D eigenvalue weighted by Crippen LogP contribution is -2.52. The molecule has 2 aliphatic rings. The minimum Gasteiger partial charge on any atom is -0.497 e. The van der Waals surface area contributed by atoms with E-state index in [4.69, 9.17) is 9.47 Å². The topological polar surface area (TPSA) is 59.0 Å². The summed E-state index contributed by atoms with van der Waals surface area (Å²) in [5.41, 5.74) is 0.678. The third-order valence-corrected chi connectivity index (χ3v) is 5.26. The Labute approximate surface area is 137 Å². The Kier molecular flexibility index (Phi) is 4.48. The van der Waals surface area contributed by atoms with Gasteiger partial charge in [0.15, 0.2) is 0 Å². The van der Waals surface area contributed by atoms with E-state index in [2.05, 4.69) is 0 Å². The molecular formula is C18H25NO4. The van der Waals surface area contributed by atoms with Crippen LogP contribution in [0.2, 0.25) is 0 Å². The first-order chi connectivity index (χ1) is 11.0. The number of ether oxygens (including phenoxy) is 2. The summed E-state index contributed by atoms with van der Waals surface area (Å²) < 4.78 is 11.1. The van der Waals surface area contributed by atoms with Crippen molar-refractivity contribution in [1.82, 2.24) is 4.90 Å². The first-order valence-electron chi connectivity index (χ1n) is 8.35. The molecule has 0 unspecified atom stereocenters. The number of methoxy groups -OCH3 is 1. The smallest absolute Gasteiger partial charge is 0.410 e. The van der Waals surface area contributed by atoms with Gasteiger partial charge in [0.1, 0.15) is 11.4 Å². The van der Waals surface area contributed by atoms with Gasteiger partial charge >= 0.3 is 6.09 Å². The molecule has 3 rings (SSSR count). The molecule has 1 N–H and O–H groups in total. The molecule has 5 heteroatoms. The fraction of sp³-hybridized carbons (Fsp3) is 0.611. The summed E-state index contributed by atoms with van der Waals surface area (Å²) in [4.78, 5) is 14.3. The molecular weight excluding hydrogens is 294 g/mol. The molecule has 0 bridgehead atoms. The van der Waals surface area contributed by atoms with E-state index in [0.717, 1.165) is 43.4 Å². The molecule has 23 heavy (non-hydrogen) atoms. The average Bonchev–Trinajstić information content (AvgIpc) is 2.57. The molecule has 126 valence electrons. The summed E-state index contributed by atoms with van der Waals surface area (Å²) >= 11 is 0. The van der Waals surface area contributed by atoms with Crippen LogP contribution in [0.5, 0.6) is 5.75 Å². The second kappa shape index (κ2) is 6.40. The summed E-state index contributed by atoms with van der Waals surface area (Å²) in [6, 6.07) is 7.74. The summed E-state index contributed by atoms with van der Waals surface area (Å²) in [6.07, 6.45) is 3.32. The zero-order valence-corrected chi connectivity index (χ0v) is 13.8.